The zero-order chi connectivity index (χ0) is 45.9. The molecule has 6 aromatic heterocycles. The number of hydrogen-bond donors (Lipinski definition) is 0. The highest BCUT2D eigenvalue weighted by atomic mass is 28.3. The Kier molecular flexibility index (Phi) is 8.15. The molecular weight excluding hydrogens is 879 g/mol. The van der Waals surface area contributed by atoms with Crippen molar-refractivity contribution < 1.29 is 4.42 Å². The second kappa shape index (κ2) is 14.8. The Hall–Kier alpha value is -9.45. The van der Waals surface area contributed by atoms with Gasteiger partial charge in [-0.1, -0.05) is 164 Å². The average Bonchev–Trinajstić information content (AvgIpc) is 4.23. The Morgan fingerprint density at radius 3 is 1.34 bits per heavy atom. The molecule has 0 fully saturated rings. The Morgan fingerprint density at radius 1 is 0.329 bits per heavy atom. The van der Waals surface area contributed by atoms with E-state index in [9.17, 15) is 0 Å². The standard InChI is InChI=1S/C59H37N9OSi/c1-3-17-39(18-4-1)70(40-19-5-2-6-20-40,42-35-36-54-44(37-42)43-21-7-16-30-53(43)69-54)41-33-31-38(32-34-41)55-62-56(67-51-28-14-12-26-49(51)65-47-24-10-8-22-45(47)60-58(65)67)64-57(63-55)68-52-29-15-13-27-50(52)66-48-25-11-9-23-46(48)61-59(66)68/h1-37H. The lowest BCUT2D eigenvalue weighted by Crippen LogP contribution is -2.74. The first-order chi connectivity index (χ1) is 34.7. The van der Waals surface area contributed by atoms with E-state index in [-0.39, 0.29) is 0 Å². The van der Waals surface area contributed by atoms with E-state index in [2.05, 4.69) is 182 Å². The van der Waals surface area contributed by atoms with E-state index in [0.29, 0.717) is 29.3 Å². The Balaban J connectivity index is 0.994. The summed E-state index contributed by atoms with van der Waals surface area (Å²) in [4.78, 5) is 26.6. The first-order valence-corrected chi connectivity index (χ1v) is 25.3. The number of rotatable bonds is 7. The topological polar surface area (TPSA) is 96.3 Å². The lowest BCUT2D eigenvalue weighted by atomic mass is 10.1. The zero-order valence-corrected chi connectivity index (χ0v) is 38.3. The van der Waals surface area contributed by atoms with Gasteiger partial charge in [-0.2, -0.15) is 15.0 Å². The Morgan fingerprint density at radius 2 is 0.771 bits per heavy atom. The maximum absolute atomic E-state index is 6.38. The smallest absolute Gasteiger partial charge is 0.242 e. The van der Waals surface area contributed by atoms with Crippen molar-refractivity contribution in [1.82, 2.24) is 42.9 Å². The minimum absolute atomic E-state index is 0.440. The fourth-order valence-corrected chi connectivity index (χ4v) is 15.7. The van der Waals surface area contributed by atoms with Crippen LogP contribution in [0.3, 0.4) is 0 Å². The molecule has 0 bridgehead atoms. The highest BCUT2D eigenvalue weighted by molar-refractivity contribution is 7.20. The van der Waals surface area contributed by atoms with Crippen molar-refractivity contribution in [3.63, 3.8) is 0 Å². The van der Waals surface area contributed by atoms with E-state index < -0.39 is 8.07 Å². The third-order valence-electron chi connectivity index (χ3n) is 14.0. The molecular formula is C59H37N9OSi. The number of aromatic nitrogens is 9. The van der Waals surface area contributed by atoms with Gasteiger partial charge in [0.15, 0.2) is 13.9 Å². The first-order valence-electron chi connectivity index (χ1n) is 23.3. The molecule has 0 saturated carbocycles. The van der Waals surface area contributed by atoms with Gasteiger partial charge in [-0.25, -0.2) is 19.1 Å². The summed E-state index contributed by atoms with van der Waals surface area (Å²) in [5.41, 5.74) is 10.2. The SMILES string of the molecule is c1ccc([Si](c2ccccc2)(c2ccc(-c3nc(-n4c5ccccc5n5c6ccccc6nc45)nc(-n4c5ccccc5n5c6ccccc6nc45)n3)cc2)c2ccc3oc4ccccc4c3c2)cc1. The van der Waals surface area contributed by atoms with E-state index >= 15 is 0 Å². The predicted octanol–water partition coefficient (Wildman–Crippen LogP) is 10.3. The van der Waals surface area contributed by atoms with Crippen molar-refractivity contribution in [2.75, 3.05) is 0 Å². The molecule has 0 aliphatic rings. The number of para-hydroxylation sites is 9. The molecule has 0 unspecified atom stereocenters. The monoisotopic (exact) mass is 915 g/mol. The van der Waals surface area contributed by atoms with Gasteiger partial charge >= 0.3 is 0 Å². The normalized spacial score (nSPS) is 12.3. The van der Waals surface area contributed by atoms with E-state index in [1.54, 1.807) is 0 Å². The van der Waals surface area contributed by atoms with E-state index in [4.69, 9.17) is 29.3 Å². The molecule has 0 amide bonds. The molecule has 328 valence electrons. The molecule has 0 N–H and O–H groups in total. The third kappa shape index (κ3) is 5.45. The Bertz CT molecular complexity index is 4340. The molecule has 0 saturated heterocycles. The number of benzene rings is 9. The Labute approximate surface area is 399 Å². The van der Waals surface area contributed by atoms with Gasteiger partial charge in [-0.15, -0.1) is 0 Å². The van der Waals surface area contributed by atoms with Crippen LogP contribution in [0.25, 0.3) is 101 Å². The molecule has 70 heavy (non-hydrogen) atoms. The largest absolute Gasteiger partial charge is 0.456 e. The molecule has 0 spiro atoms. The molecule has 11 heteroatoms. The van der Waals surface area contributed by atoms with Gasteiger partial charge in [0.2, 0.25) is 23.5 Å². The highest BCUT2D eigenvalue weighted by Gasteiger charge is 2.42. The van der Waals surface area contributed by atoms with Crippen LogP contribution in [-0.4, -0.2) is 50.9 Å². The van der Waals surface area contributed by atoms with Crippen LogP contribution in [0.1, 0.15) is 0 Å². The number of hydrogen-bond acceptors (Lipinski definition) is 6. The summed E-state index contributed by atoms with van der Waals surface area (Å²) in [7, 11) is -2.99. The van der Waals surface area contributed by atoms with Crippen LogP contribution in [0.2, 0.25) is 0 Å². The minimum atomic E-state index is -2.99. The maximum Gasteiger partial charge on any atom is 0.242 e. The van der Waals surface area contributed by atoms with Crippen molar-refractivity contribution in [2.45, 2.75) is 0 Å². The highest BCUT2D eigenvalue weighted by Crippen LogP contribution is 2.33. The quantitative estimate of drug-likeness (QED) is 0.117. The van der Waals surface area contributed by atoms with E-state index in [1.807, 2.05) is 60.7 Å². The molecule has 0 atom stereocenters. The lowest BCUT2D eigenvalue weighted by Gasteiger charge is -2.34. The summed E-state index contributed by atoms with van der Waals surface area (Å²) in [6, 6.07) is 79.1. The molecule has 9 aromatic carbocycles. The summed E-state index contributed by atoms with van der Waals surface area (Å²) in [5, 5.41) is 7.24. The molecule has 0 aliphatic heterocycles. The van der Waals surface area contributed by atoms with Crippen LogP contribution in [0, 0.1) is 0 Å². The fraction of sp³-hybridized carbons (Fsp3) is 0. The van der Waals surface area contributed by atoms with E-state index in [1.165, 1.54) is 20.7 Å². The summed E-state index contributed by atoms with van der Waals surface area (Å²) >= 11 is 0. The van der Waals surface area contributed by atoms with Crippen molar-refractivity contribution in [2.24, 2.45) is 0 Å². The van der Waals surface area contributed by atoms with Gasteiger partial charge in [0.25, 0.3) is 0 Å². The van der Waals surface area contributed by atoms with Crippen LogP contribution in [-0.2, 0) is 0 Å². The van der Waals surface area contributed by atoms with Gasteiger partial charge in [0.05, 0.1) is 44.1 Å². The second-order valence-corrected chi connectivity index (χ2v) is 21.6. The van der Waals surface area contributed by atoms with Crippen LogP contribution >= 0.6 is 0 Å². The second-order valence-electron chi connectivity index (χ2n) is 17.7. The van der Waals surface area contributed by atoms with Gasteiger partial charge in [-0.05, 0) is 81.4 Å². The number of nitrogens with zero attached hydrogens (tertiary/aromatic N) is 9. The van der Waals surface area contributed by atoms with Crippen LogP contribution in [0.15, 0.2) is 229 Å². The summed E-state index contributed by atoms with van der Waals surface area (Å²) in [6.45, 7) is 0. The van der Waals surface area contributed by atoms with Gasteiger partial charge in [0.1, 0.15) is 11.2 Å². The van der Waals surface area contributed by atoms with Gasteiger partial charge in [-0.3, -0.25) is 8.80 Å². The predicted molar refractivity (Wildman–Crippen MR) is 282 cm³/mol. The third-order valence-corrected chi connectivity index (χ3v) is 18.8. The van der Waals surface area contributed by atoms with Gasteiger partial charge in [0, 0.05) is 16.3 Å². The summed E-state index contributed by atoms with van der Waals surface area (Å²) in [5.74, 6) is 2.81. The van der Waals surface area contributed by atoms with Crippen molar-refractivity contribution in [1.29, 1.82) is 0 Å². The molecule has 0 radical (unpaired) electrons. The van der Waals surface area contributed by atoms with Crippen molar-refractivity contribution >= 4 is 106 Å². The first kappa shape index (κ1) is 38.6. The van der Waals surface area contributed by atoms with Crippen molar-refractivity contribution in [3.05, 3.63) is 224 Å². The molecule has 6 heterocycles. The summed E-state index contributed by atoms with van der Waals surface area (Å²) < 4.78 is 14.9. The lowest BCUT2D eigenvalue weighted by molar-refractivity contribution is 0.669. The van der Waals surface area contributed by atoms with Crippen molar-refractivity contribution in [3.8, 4) is 23.3 Å². The molecule has 15 rings (SSSR count). The zero-order valence-electron chi connectivity index (χ0n) is 37.3. The molecule has 15 aromatic rings. The molecule has 10 nitrogen and oxygen atoms in total. The fourth-order valence-electron chi connectivity index (χ4n) is 11.0. The average molecular weight is 916 g/mol. The van der Waals surface area contributed by atoms with Crippen LogP contribution in [0.5, 0.6) is 0 Å². The van der Waals surface area contributed by atoms with Gasteiger partial charge < -0.3 is 4.42 Å². The maximum atomic E-state index is 6.38. The van der Waals surface area contributed by atoms with Crippen LogP contribution < -0.4 is 20.7 Å². The number of furan rings is 1. The van der Waals surface area contributed by atoms with E-state index in [0.717, 1.165) is 71.6 Å². The summed E-state index contributed by atoms with van der Waals surface area (Å²) in [6.07, 6.45) is 0. The number of imidazole rings is 4. The molecule has 0 aliphatic carbocycles. The minimum Gasteiger partial charge on any atom is -0.456 e. The number of fused-ring (bicyclic) bond motifs is 13. The van der Waals surface area contributed by atoms with Crippen LogP contribution in [0.4, 0.5) is 0 Å².